The van der Waals surface area contributed by atoms with E-state index in [1.54, 1.807) is 0 Å². The van der Waals surface area contributed by atoms with Gasteiger partial charge in [0, 0.05) is 22.5 Å². The molecule has 28 heavy (non-hydrogen) atoms. The van der Waals surface area contributed by atoms with Crippen molar-refractivity contribution in [3.8, 4) is 11.5 Å². The molecule has 6 heteroatoms. The maximum Gasteiger partial charge on any atom is 0.323 e. The van der Waals surface area contributed by atoms with Crippen molar-refractivity contribution in [3.63, 3.8) is 0 Å². The molecule has 0 saturated heterocycles. The summed E-state index contributed by atoms with van der Waals surface area (Å²) in [6, 6.07) is 13.5. The van der Waals surface area contributed by atoms with Gasteiger partial charge < -0.3 is 19.2 Å². The molecule has 3 aromatic rings. The number of para-hydroxylation sites is 1. The van der Waals surface area contributed by atoms with E-state index >= 15 is 0 Å². The van der Waals surface area contributed by atoms with Crippen molar-refractivity contribution in [1.29, 1.82) is 0 Å². The molecule has 5 rings (SSSR count). The Morgan fingerprint density at radius 1 is 1.18 bits per heavy atom. The van der Waals surface area contributed by atoms with E-state index in [4.69, 9.17) is 14.2 Å². The van der Waals surface area contributed by atoms with Crippen LogP contribution in [0.4, 0.5) is 0 Å². The Morgan fingerprint density at radius 2 is 2.00 bits per heavy atom. The summed E-state index contributed by atoms with van der Waals surface area (Å²) in [5, 5.41) is 4.66. The molecule has 0 fully saturated rings. The fraction of sp³-hybridized carbons (Fsp3) is 0.318. The molecular formula is C22H22N2O4. The van der Waals surface area contributed by atoms with Crippen LogP contribution >= 0.6 is 0 Å². The number of fused-ring (bicyclic) bond motifs is 4. The van der Waals surface area contributed by atoms with Crippen LogP contribution in [0.5, 0.6) is 11.5 Å². The van der Waals surface area contributed by atoms with E-state index in [1.807, 2.05) is 37.3 Å². The Hall–Kier alpha value is -2.99. The van der Waals surface area contributed by atoms with Crippen LogP contribution in [0.1, 0.15) is 42.6 Å². The largest absolute Gasteiger partial charge is 0.465 e. The van der Waals surface area contributed by atoms with Gasteiger partial charge in [-0.15, -0.1) is 0 Å². The number of carbonyl (C=O) groups excluding carboxylic acids is 1. The molecule has 0 saturated carbocycles. The first-order chi connectivity index (χ1) is 13.7. The molecule has 0 radical (unpaired) electrons. The van der Waals surface area contributed by atoms with E-state index in [1.165, 1.54) is 0 Å². The highest BCUT2D eigenvalue weighted by molar-refractivity contribution is 5.88. The van der Waals surface area contributed by atoms with Crippen LogP contribution in [-0.4, -0.2) is 30.4 Å². The summed E-state index contributed by atoms with van der Waals surface area (Å²) in [5.74, 6) is 1.22. The summed E-state index contributed by atoms with van der Waals surface area (Å²) in [6.45, 7) is 4.50. The third-order valence-corrected chi connectivity index (χ3v) is 5.64. The van der Waals surface area contributed by atoms with Gasteiger partial charge in [0.25, 0.3) is 0 Å². The van der Waals surface area contributed by atoms with Gasteiger partial charge in [0.05, 0.1) is 12.6 Å². The molecule has 2 aliphatic heterocycles. The SMILES string of the molecule is CCOC(=O)[C@@H]1N[C@H](c2ccc3c(c2)OCO3)c2[nH]c3ccccc3c2[C@H]1C. The van der Waals surface area contributed by atoms with Gasteiger partial charge in [-0.05, 0) is 36.2 Å². The third-order valence-electron chi connectivity index (χ3n) is 5.64. The zero-order valence-corrected chi connectivity index (χ0v) is 15.8. The van der Waals surface area contributed by atoms with Crippen LogP contribution in [0.3, 0.4) is 0 Å². The van der Waals surface area contributed by atoms with Crippen molar-refractivity contribution in [3.05, 3.63) is 59.3 Å². The van der Waals surface area contributed by atoms with Crippen LogP contribution in [-0.2, 0) is 9.53 Å². The van der Waals surface area contributed by atoms with Crippen molar-refractivity contribution < 1.29 is 19.0 Å². The summed E-state index contributed by atoms with van der Waals surface area (Å²) in [6.07, 6.45) is 0. The first-order valence-electron chi connectivity index (χ1n) is 9.60. The number of H-pyrrole nitrogens is 1. The molecule has 2 N–H and O–H groups in total. The average Bonchev–Trinajstić information content (AvgIpc) is 3.32. The number of ether oxygens (including phenoxy) is 3. The van der Waals surface area contributed by atoms with Crippen LogP contribution in [0.25, 0.3) is 10.9 Å². The first kappa shape index (κ1) is 17.1. The zero-order valence-electron chi connectivity index (χ0n) is 15.8. The Morgan fingerprint density at radius 3 is 2.86 bits per heavy atom. The number of carbonyl (C=O) groups is 1. The molecule has 3 atom stereocenters. The molecule has 2 aliphatic rings. The lowest BCUT2D eigenvalue weighted by molar-refractivity contribution is -0.146. The summed E-state index contributed by atoms with van der Waals surface area (Å²) in [7, 11) is 0. The van der Waals surface area contributed by atoms with Crippen molar-refractivity contribution >= 4 is 16.9 Å². The van der Waals surface area contributed by atoms with Crippen molar-refractivity contribution in [2.75, 3.05) is 13.4 Å². The number of benzene rings is 2. The first-order valence-corrected chi connectivity index (χ1v) is 9.60. The predicted molar refractivity (Wildman–Crippen MR) is 105 cm³/mol. The maximum absolute atomic E-state index is 12.7. The lowest BCUT2D eigenvalue weighted by Crippen LogP contribution is -2.47. The molecule has 6 nitrogen and oxygen atoms in total. The topological polar surface area (TPSA) is 72.6 Å². The number of hydrogen-bond acceptors (Lipinski definition) is 5. The molecule has 144 valence electrons. The second-order valence-electron chi connectivity index (χ2n) is 7.23. The van der Waals surface area contributed by atoms with Gasteiger partial charge in [0.1, 0.15) is 6.04 Å². The minimum atomic E-state index is -0.429. The molecule has 1 aromatic heterocycles. The summed E-state index contributed by atoms with van der Waals surface area (Å²) in [4.78, 5) is 16.3. The maximum atomic E-state index is 12.7. The molecule has 0 spiro atoms. The van der Waals surface area contributed by atoms with Gasteiger partial charge in [-0.2, -0.15) is 0 Å². The number of aromatic nitrogens is 1. The van der Waals surface area contributed by atoms with Crippen LogP contribution in [0.15, 0.2) is 42.5 Å². The highest BCUT2D eigenvalue weighted by Crippen LogP contribution is 2.43. The van der Waals surface area contributed by atoms with Gasteiger partial charge in [0.2, 0.25) is 6.79 Å². The van der Waals surface area contributed by atoms with E-state index in [2.05, 4.69) is 29.4 Å². The van der Waals surface area contributed by atoms with E-state index in [0.29, 0.717) is 6.61 Å². The average molecular weight is 378 g/mol. The smallest absolute Gasteiger partial charge is 0.323 e. The minimum Gasteiger partial charge on any atom is -0.465 e. The van der Waals surface area contributed by atoms with Crippen LogP contribution < -0.4 is 14.8 Å². The van der Waals surface area contributed by atoms with Crippen molar-refractivity contribution in [1.82, 2.24) is 10.3 Å². The van der Waals surface area contributed by atoms with E-state index in [9.17, 15) is 4.79 Å². The second kappa shape index (κ2) is 6.56. The van der Waals surface area contributed by atoms with Gasteiger partial charge in [-0.3, -0.25) is 10.1 Å². The number of esters is 1. The quantitative estimate of drug-likeness (QED) is 0.681. The summed E-state index contributed by atoms with van der Waals surface area (Å²) < 4.78 is 16.4. The van der Waals surface area contributed by atoms with E-state index in [-0.39, 0.29) is 24.7 Å². The number of rotatable bonds is 3. The number of nitrogens with one attached hydrogen (secondary N) is 2. The fourth-order valence-electron chi connectivity index (χ4n) is 4.34. The van der Waals surface area contributed by atoms with Gasteiger partial charge in [-0.25, -0.2) is 0 Å². The summed E-state index contributed by atoms with van der Waals surface area (Å²) >= 11 is 0. The number of aromatic amines is 1. The fourth-order valence-corrected chi connectivity index (χ4v) is 4.34. The van der Waals surface area contributed by atoms with E-state index in [0.717, 1.165) is 39.2 Å². The normalized spacial score (nSPS) is 22.9. The van der Waals surface area contributed by atoms with Gasteiger partial charge >= 0.3 is 5.97 Å². The Balaban J connectivity index is 1.66. The highest BCUT2D eigenvalue weighted by atomic mass is 16.7. The minimum absolute atomic E-state index is 0.0181. The molecule has 0 unspecified atom stereocenters. The Bertz CT molecular complexity index is 1060. The molecule has 0 aliphatic carbocycles. The lowest BCUT2D eigenvalue weighted by atomic mass is 9.83. The van der Waals surface area contributed by atoms with Gasteiger partial charge in [0.15, 0.2) is 11.5 Å². The second-order valence-corrected chi connectivity index (χ2v) is 7.23. The summed E-state index contributed by atoms with van der Waals surface area (Å²) in [5.41, 5.74) is 4.32. The molecule has 2 aromatic carbocycles. The van der Waals surface area contributed by atoms with Crippen molar-refractivity contribution in [2.45, 2.75) is 31.8 Å². The zero-order chi connectivity index (χ0) is 19.3. The molecule has 3 heterocycles. The number of hydrogen-bond donors (Lipinski definition) is 2. The lowest BCUT2D eigenvalue weighted by Gasteiger charge is -2.35. The van der Waals surface area contributed by atoms with E-state index < -0.39 is 6.04 Å². The highest BCUT2D eigenvalue weighted by Gasteiger charge is 2.40. The standard InChI is InChI=1S/C22H22N2O4/c1-3-26-22(25)19-12(2)18-14-6-4-5-7-15(14)23-21(18)20(24-19)13-8-9-16-17(10-13)28-11-27-16/h4-10,12,19-20,23-24H,3,11H2,1-2H3/t12-,19-,20-/m1/s1. The van der Waals surface area contributed by atoms with Gasteiger partial charge in [-0.1, -0.05) is 31.2 Å². The molecule has 0 amide bonds. The van der Waals surface area contributed by atoms with Crippen molar-refractivity contribution in [2.24, 2.45) is 0 Å². The van der Waals surface area contributed by atoms with Crippen LogP contribution in [0, 0.1) is 0 Å². The molecule has 0 bridgehead atoms. The predicted octanol–water partition coefficient (Wildman–Crippen LogP) is 3.62. The Kier molecular flexibility index (Phi) is 4.02. The van der Waals surface area contributed by atoms with Crippen LogP contribution in [0.2, 0.25) is 0 Å². The third kappa shape index (κ3) is 2.56. The monoisotopic (exact) mass is 378 g/mol. The Labute approximate surface area is 162 Å². The molecular weight excluding hydrogens is 356 g/mol.